The summed E-state index contributed by atoms with van der Waals surface area (Å²) in [4.78, 5) is 1.31. The Morgan fingerprint density at radius 2 is 1.80 bits per heavy atom. The largest absolute Gasteiger partial charge is 0.409 e. The zero-order valence-electron chi connectivity index (χ0n) is 8.33. The third-order valence-electron chi connectivity index (χ3n) is 1.87. The van der Waals surface area contributed by atoms with Crippen molar-refractivity contribution >= 4 is 11.5 Å². The van der Waals surface area contributed by atoms with Crippen LogP contribution in [-0.4, -0.2) is 25.1 Å². The lowest BCUT2D eigenvalue weighted by Crippen LogP contribution is -2.17. The summed E-state index contributed by atoms with van der Waals surface area (Å²) in [6.45, 7) is 0. The molecule has 0 saturated heterocycles. The van der Waals surface area contributed by atoms with Gasteiger partial charge in [-0.3, -0.25) is 0 Å². The van der Waals surface area contributed by atoms with E-state index in [9.17, 15) is 8.78 Å². The van der Waals surface area contributed by atoms with Gasteiger partial charge in [-0.05, 0) is 12.1 Å². The summed E-state index contributed by atoms with van der Waals surface area (Å²) >= 11 is 0. The maximum atomic E-state index is 13.4. The van der Waals surface area contributed by atoms with Crippen molar-refractivity contribution in [1.82, 2.24) is 0 Å². The Morgan fingerprint density at radius 3 is 2.13 bits per heavy atom. The van der Waals surface area contributed by atoms with Crippen LogP contribution in [0.5, 0.6) is 0 Å². The van der Waals surface area contributed by atoms with Crippen molar-refractivity contribution in [3.63, 3.8) is 0 Å². The van der Waals surface area contributed by atoms with Gasteiger partial charge in [0.1, 0.15) is 17.3 Å². The third kappa shape index (κ3) is 2.15. The molecule has 0 amide bonds. The van der Waals surface area contributed by atoms with Gasteiger partial charge in [-0.15, -0.1) is 0 Å². The standard InChI is InChI=1S/C9H11F2N3O/c1-14(2)8-6(10)3-5(4-7(8)11)9(12)13-15/h3-4,15H,1-2H3,(H2,12,13). The van der Waals surface area contributed by atoms with Crippen LogP contribution in [0.25, 0.3) is 0 Å². The number of amidine groups is 1. The van der Waals surface area contributed by atoms with Crippen molar-refractivity contribution in [3.05, 3.63) is 29.3 Å². The lowest BCUT2D eigenvalue weighted by atomic mass is 10.1. The molecule has 3 N–H and O–H groups in total. The molecule has 0 radical (unpaired) electrons. The van der Waals surface area contributed by atoms with Gasteiger partial charge < -0.3 is 15.8 Å². The SMILES string of the molecule is CN(C)c1c(F)cc(/C(N)=N/O)cc1F. The highest BCUT2D eigenvalue weighted by molar-refractivity contribution is 5.97. The fourth-order valence-electron chi connectivity index (χ4n) is 1.20. The van der Waals surface area contributed by atoms with E-state index in [2.05, 4.69) is 5.16 Å². The number of anilines is 1. The zero-order chi connectivity index (χ0) is 11.6. The van der Waals surface area contributed by atoms with E-state index in [1.54, 1.807) is 0 Å². The van der Waals surface area contributed by atoms with Crippen LogP contribution < -0.4 is 10.6 Å². The van der Waals surface area contributed by atoms with E-state index in [4.69, 9.17) is 10.9 Å². The Bertz CT molecular complexity index is 381. The number of benzene rings is 1. The zero-order valence-corrected chi connectivity index (χ0v) is 8.33. The predicted octanol–water partition coefficient (Wildman–Crippen LogP) is 1.13. The Morgan fingerprint density at radius 1 is 1.33 bits per heavy atom. The van der Waals surface area contributed by atoms with E-state index in [-0.39, 0.29) is 17.1 Å². The molecule has 0 aromatic heterocycles. The van der Waals surface area contributed by atoms with Crippen LogP contribution in [-0.2, 0) is 0 Å². The molecule has 0 unspecified atom stereocenters. The molecule has 15 heavy (non-hydrogen) atoms. The minimum absolute atomic E-state index is 0.00176. The molecule has 4 nitrogen and oxygen atoms in total. The van der Waals surface area contributed by atoms with Gasteiger partial charge in [0.15, 0.2) is 5.84 Å². The summed E-state index contributed by atoms with van der Waals surface area (Å²) in [5.74, 6) is -1.86. The first-order chi connectivity index (χ1) is 6.97. The molecule has 0 spiro atoms. The first kappa shape index (κ1) is 11.2. The van der Waals surface area contributed by atoms with Crippen molar-refractivity contribution < 1.29 is 14.0 Å². The molecule has 0 bridgehead atoms. The van der Waals surface area contributed by atoms with Crippen LogP contribution in [0.15, 0.2) is 17.3 Å². The van der Waals surface area contributed by atoms with E-state index in [0.29, 0.717) is 0 Å². The van der Waals surface area contributed by atoms with Crippen molar-refractivity contribution in [1.29, 1.82) is 0 Å². The van der Waals surface area contributed by atoms with Gasteiger partial charge in [0, 0.05) is 19.7 Å². The molecule has 0 saturated carbocycles. The van der Waals surface area contributed by atoms with Gasteiger partial charge in [-0.2, -0.15) is 0 Å². The number of hydrogen-bond donors (Lipinski definition) is 2. The van der Waals surface area contributed by atoms with Gasteiger partial charge in [0.05, 0.1) is 0 Å². The van der Waals surface area contributed by atoms with Crippen molar-refractivity contribution in [3.8, 4) is 0 Å². The molecule has 0 aliphatic rings. The predicted molar refractivity (Wildman–Crippen MR) is 53.2 cm³/mol. The second kappa shape index (κ2) is 4.12. The highest BCUT2D eigenvalue weighted by atomic mass is 19.1. The monoisotopic (exact) mass is 215 g/mol. The van der Waals surface area contributed by atoms with Gasteiger partial charge in [0.2, 0.25) is 0 Å². The summed E-state index contributed by atoms with van der Waals surface area (Å²) in [7, 11) is 3.04. The van der Waals surface area contributed by atoms with Gasteiger partial charge in [-0.1, -0.05) is 5.16 Å². The summed E-state index contributed by atoms with van der Waals surface area (Å²) in [5, 5.41) is 11.0. The topological polar surface area (TPSA) is 61.8 Å². The molecular weight excluding hydrogens is 204 g/mol. The Kier molecular flexibility index (Phi) is 3.08. The Hall–Kier alpha value is -1.85. The number of rotatable bonds is 2. The lowest BCUT2D eigenvalue weighted by molar-refractivity contribution is 0.318. The van der Waals surface area contributed by atoms with Gasteiger partial charge >= 0.3 is 0 Å². The number of halogens is 2. The third-order valence-corrected chi connectivity index (χ3v) is 1.87. The molecule has 0 aliphatic heterocycles. The van der Waals surface area contributed by atoms with E-state index in [1.807, 2.05) is 0 Å². The Balaban J connectivity index is 3.32. The van der Waals surface area contributed by atoms with Crippen molar-refractivity contribution in [2.45, 2.75) is 0 Å². The fourth-order valence-corrected chi connectivity index (χ4v) is 1.20. The van der Waals surface area contributed by atoms with Crippen LogP contribution in [0.2, 0.25) is 0 Å². The second-order valence-electron chi connectivity index (χ2n) is 3.17. The minimum Gasteiger partial charge on any atom is -0.409 e. The second-order valence-corrected chi connectivity index (χ2v) is 3.17. The number of oxime groups is 1. The molecule has 1 aromatic carbocycles. The van der Waals surface area contributed by atoms with E-state index >= 15 is 0 Å². The quantitative estimate of drug-likeness (QED) is 0.336. The summed E-state index contributed by atoms with van der Waals surface area (Å²) < 4.78 is 26.8. The summed E-state index contributed by atoms with van der Waals surface area (Å²) in [6.07, 6.45) is 0. The molecule has 0 aliphatic carbocycles. The normalized spacial score (nSPS) is 11.6. The average molecular weight is 215 g/mol. The minimum atomic E-state index is -0.762. The highest BCUT2D eigenvalue weighted by Crippen LogP contribution is 2.22. The highest BCUT2D eigenvalue weighted by Gasteiger charge is 2.14. The van der Waals surface area contributed by atoms with Crippen molar-refractivity contribution in [2.24, 2.45) is 10.9 Å². The molecular formula is C9H11F2N3O. The molecule has 6 heteroatoms. The van der Waals surface area contributed by atoms with Crippen LogP contribution in [0.1, 0.15) is 5.56 Å². The number of hydrogen-bond acceptors (Lipinski definition) is 3. The van der Waals surface area contributed by atoms with E-state index in [0.717, 1.165) is 12.1 Å². The lowest BCUT2D eigenvalue weighted by Gasteiger charge is -2.15. The van der Waals surface area contributed by atoms with Crippen LogP contribution >= 0.6 is 0 Å². The van der Waals surface area contributed by atoms with Gasteiger partial charge in [-0.25, -0.2) is 8.78 Å². The molecule has 82 valence electrons. The van der Waals surface area contributed by atoms with E-state index < -0.39 is 11.6 Å². The van der Waals surface area contributed by atoms with Gasteiger partial charge in [0.25, 0.3) is 0 Å². The molecule has 1 rings (SSSR count). The van der Waals surface area contributed by atoms with Crippen LogP contribution in [0.4, 0.5) is 14.5 Å². The van der Waals surface area contributed by atoms with Crippen molar-refractivity contribution in [2.75, 3.05) is 19.0 Å². The van der Waals surface area contributed by atoms with E-state index in [1.165, 1.54) is 19.0 Å². The number of nitrogens with two attached hydrogens (primary N) is 1. The molecule has 0 fully saturated rings. The smallest absolute Gasteiger partial charge is 0.170 e. The molecule has 0 heterocycles. The summed E-state index contributed by atoms with van der Waals surface area (Å²) in [6, 6.07) is 2.01. The van der Waals surface area contributed by atoms with Crippen LogP contribution in [0.3, 0.4) is 0 Å². The molecule has 1 aromatic rings. The maximum absolute atomic E-state index is 13.4. The van der Waals surface area contributed by atoms with Crippen LogP contribution in [0, 0.1) is 11.6 Å². The Labute approximate surface area is 85.6 Å². The fraction of sp³-hybridized carbons (Fsp3) is 0.222. The first-order valence-corrected chi connectivity index (χ1v) is 4.11. The molecule has 0 atom stereocenters. The average Bonchev–Trinajstić information content (AvgIpc) is 2.14. The first-order valence-electron chi connectivity index (χ1n) is 4.11. The summed E-state index contributed by atoms with van der Waals surface area (Å²) in [5.41, 5.74) is 5.05. The number of nitrogens with zero attached hydrogens (tertiary/aromatic N) is 2. The maximum Gasteiger partial charge on any atom is 0.170 e.